The molecule has 3 aromatic rings. The van der Waals surface area contributed by atoms with Crippen LogP contribution in [0.2, 0.25) is 0 Å². The molecule has 43 heavy (non-hydrogen) atoms. The van der Waals surface area contributed by atoms with Crippen LogP contribution in [0.5, 0.6) is 17.2 Å². The molecule has 4 rings (SSSR count). The largest absolute Gasteiger partial charge is 0.490 e. The van der Waals surface area contributed by atoms with E-state index in [1.165, 1.54) is 25.0 Å². The lowest BCUT2D eigenvalue weighted by molar-refractivity contribution is 0.0996. The van der Waals surface area contributed by atoms with E-state index in [1.54, 1.807) is 54.6 Å². The zero-order valence-electron chi connectivity index (χ0n) is 25.2. The maximum atomic E-state index is 14.8. The summed E-state index contributed by atoms with van der Waals surface area (Å²) in [5.41, 5.74) is 1.08. The maximum absolute atomic E-state index is 14.8. The fourth-order valence-corrected chi connectivity index (χ4v) is 4.86. The van der Waals surface area contributed by atoms with Crippen LogP contribution in [0.1, 0.15) is 69.2 Å². The molecule has 1 heterocycles. The Labute approximate surface area is 254 Å². The van der Waals surface area contributed by atoms with E-state index >= 15 is 0 Å². The van der Waals surface area contributed by atoms with Gasteiger partial charge in [-0.1, -0.05) is 33.1 Å². The first-order chi connectivity index (χ1) is 20.9. The molecule has 3 amide bonds. The Hall–Kier alpha value is -4.11. The Kier molecular flexibility index (Phi) is 12.2. The number of piperidine rings is 1. The van der Waals surface area contributed by atoms with Gasteiger partial charge < -0.3 is 30.3 Å². The summed E-state index contributed by atoms with van der Waals surface area (Å²) in [6.07, 6.45) is 7.70. The topological polar surface area (TPSA) is 91.9 Å². The summed E-state index contributed by atoms with van der Waals surface area (Å²) in [6.45, 7) is 8.19. The summed E-state index contributed by atoms with van der Waals surface area (Å²) in [6, 6.07) is 17.7. The minimum absolute atomic E-state index is 0.0528. The minimum Gasteiger partial charge on any atom is -0.490 e. The molecule has 0 unspecified atom stereocenters. The number of nitrogens with one attached hydrogen (secondary N) is 3. The van der Waals surface area contributed by atoms with Gasteiger partial charge in [0.25, 0.3) is 5.91 Å². The van der Waals surface area contributed by atoms with Crippen LogP contribution in [0.4, 0.5) is 20.6 Å². The lowest BCUT2D eigenvalue weighted by Crippen LogP contribution is -2.38. The van der Waals surface area contributed by atoms with Crippen molar-refractivity contribution in [1.29, 1.82) is 0 Å². The number of urea groups is 1. The van der Waals surface area contributed by atoms with Crippen LogP contribution in [0, 0.1) is 5.82 Å². The number of benzene rings is 3. The van der Waals surface area contributed by atoms with Crippen LogP contribution < -0.4 is 25.4 Å². The van der Waals surface area contributed by atoms with Crippen molar-refractivity contribution in [3.8, 4) is 17.2 Å². The summed E-state index contributed by atoms with van der Waals surface area (Å²) in [7, 11) is 0. The molecular weight excluding hydrogens is 547 g/mol. The molecule has 0 aromatic heterocycles. The van der Waals surface area contributed by atoms with Gasteiger partial charge in [-0.3, -0.25) is 4.79 Å². The molecule has 1 aliphatic rings. The second kappa shape index (κ2) is 16.5. The van der Waals surface area contributed by atoms with Crippen LogP contribution in [0.3, 0.4) is 0 Å². The van der Waals surface area contributed by atoms with Crippen molar-refractivity contribution < 1.29 is 23.5 Å². The van der Waals surface area contributed by atoms with E-state index in [9.17, 15) is 14.0 Å². The van der Waals surface area contributed by atoms with E-state index in [2.05, 4.69) is 34.7 Å². The molecule has 1 saturated heterocycles. The summed E-state index contributed by atoms with van der Waals surface area (Å²) in [5.74, 6) is 0.456. The average Bonchev–Trinajstić information content (AvgIpc) is 3.01. The highest BCUT2D eigenvalue weighted by Gasteiger charge is 2.20. The van der Waals surface area contributed by atoms with Gasteiger partial charge in [-0.25, -0.2) is 9.18 Å². The van der Waals surface area contributed by atoms with Crippen LogP contribution in [-0.2, 0) is 0 Å². The fourth-order valence-electron chi connectivity index (χ4n) is 4.86. The van der Waals surface area contributed by atoms with Gasteiger partial charge in [0, 0.05) is 37.0 Å². The standard InChI is InChI=1S/C34H43FN4O4/c1-3-5-7-20-36-34(41)37-26-10-14-28(15-11-26)43-30-16-17-32(31(35)24-30)38-33(40)25-8-12-27(13-9-25)42-29-18-22-39(23-19-29)21-6-4-2/h8-17,24,29H,3-7,18-23H2,1-2H3,(H,38,40)(H2,36,37,41). The number of carbonyl (C=O) groups excluding carboxylic acids is 2. The summed E-state index contributed by atoms with van der Waals surface area (Å²) < 4.78 is 26.7. The smallest absolute Gasteiger partial charge is 0.319 e. The van der Waals surface area contributed by atoms with Crippen molar-refractivity contribution >= 4 is 23.3 Å². The molecule has 0 bridgehead atoms. The van der Waals surface area contributed by atoms with Crippen molar-refractivity contribution in [3.05, 3.63) is 78.1 Å². The van der Waals surface area contributed by atoms with Crippen molar-refractivity contribution in [2.24, 2.45) is 0 Å². The van der Waals surface area contributed by atoms with Crippen molar-refractivity contribution in [3.63, 3.8) is 0 Å². The highest BCUT2D eigenvalue weighted by Crippen LogP contribution is 2.27. The Bertz CT molecular complexity index is 1310. The van der Waals surface area contributed by atoms with Gasteiger partial charge in [-0.15, -0.1) is 0 Å². The first kappa shape index (κ1) is 31.8. The Morgan fingerprint density at radius 2 is 1.51 bits per heavy atom. The maximum Gasteiger partial charge on any atom is 0.319 e. The SMILES string of the molecule is CCCCCNC(=O)Nc1ccc(Oc2ccc(NC(=O)c3ccc(OC4CCN(CCCC)CC4)cc3)c(F)c2)cc1. The molecule has 0 saturated carbocycles. The van der Waals surface area contributed by atoms with E-state index in [0.717, 1.165) is 57.5 Å². The Morgan fingerprint density at radius 1 is 0.837 bits per heavy atom. The molecule has 1 aliphatic heterocycles. The zero-order chi connectivity index (χ0) is 30.4. The normalized spacial score (nSPS) is 13.7. The number of halogens is 1. The number of carbonyl (C=O) groups is 2. The van der Waals surface area contributed by atoms with Crippen molar-refractivity contribution in [1.82, 2.24) is 10.2 Å². The highest BCUT2D eigenvalue weighted by molar-refractivity contribution is 6.04. The van der Waals surface area contributed by atoms with Gasteiger partial charge in [-0.2, -0.15) is 0 Å². The quantitative estimate of drug-likeness (QED) is 0.167. The molecule has 0 atom stereocenters. The van der Waals surface area contributed by atoms with Crippen LogP contribution >= 0.6 is 0 Å². The third-order valence-corrected chi connectivity index (χ3v) is 7.38. The van der Waals surface area contributed by atoms with E-state index < -0.39 is 11.7 Å². The zero-order valence-corrected chi connectivity index (χ0v) is 25.2. The van der Waals surface area contributed by atoms with Gasteiger partial charge in [-0.05, 0) is 92.9 Å². The molecule has 0 spiro atoms. The summed E-state index contributed by atoms with van der Waals surface area (Å²) in [5, 5.41) is 8.22. The lowest BCUT2D eigenvalue weighted by atomic mass is 10.1. The van der Waals surface area contributed by atoms with Gasteiger partial charge >= 0.3 is 6.03 Å². The minimum atomic E-state index is -0.617. The Balaban J connectivity index is 1.23. The third kappa shape index (κ3) is 10.3. The van der Waals surface area contributed by atoms with Crippen LogP contribution in [0.15, 0.2) is 66.7 Å². The molecular formula is C34H43FN4O4. The number of unbranched alkanes of at least 4 members (excludes halogenated alkanes) is 3. The Morgan fingerprint density at radius 3 is 2.19 bits per heavy atom. The average molecular weight is 591 g/mol. The monoisotopic (exact) mass is 590 g/mol. The predicted octanol–water partition coefficient (Wildman–Crippen LogP) is 7.83. The van der Waals surface area contributed by atoms with Crippen molar-refractivity contribution in [2.75, 3.05) is 36.8 Å². The first-order valence-corrected chi connectivity index (χ1v) is 15.4. The van der Waals surface area contributed by atoms with Crippen LogP contribution in [0.25, 0.3) is 0 Å². The molecule has 1 fully saturated rings. The van der Waals surface area contributed by atoms with Gasteiger partial charge in [0.2, 0.25) is 0 Å². The number of ether oxygens (including phenoxy) is 2. The van der Waals surface area contributed by atoms with E-state index in [-0.39, 0.29) is 23.6 Å². The number of hydrogen-bond donors (Lipinski definition) is 3. The fraction of sp³-hybridized carbons (Fsp3) is 0.412. The lowest BCUT2D eigenvalue weighted by Gasteiger charge is -2.32. The predicted molar refractivity (Wildman–Crippen MR) is 169 cm³/mol. The molecule has 9 heteroatoms. The number of nitrogens with zero attached hydrogens (tertiary/aromatic N) is 1. The van der Waals surface area contributed by atoms with Gasteiger partial charge in [0.1, 0.15) is 29.2 Å². The van der Waals surface area contributed by atoms with E-state index in [1.807, 2.05) is 0 Å². The second-order valence-electron chi connectivity index (χ2n) is 10.8. The molecule has 0 radical (unpaired) electrons. The number of hydrogen-bond acceptors (Lipinski definition) is 5. The number of likely N-dealkylation sites (tertiary alicyclic amines) is 1. The molecule has 8 nitrogen and oxygen atoms in total. The summed E-state index contributed by atoms with van der Waals surface area (Å²) in [4.78, 5) is 27.2. The number of anilines is 2. The number of amides is 3. The third-order valence-electron chi connectivity index (χ3n) is 7.38. The van der Waals surface area contributed by atoms with E-state index in [4.69, 9.17) is 9.47 Å². The molecule has 230 valence electrons. The highest BCUT2D eigenvalue weighted by atomic mass is 19.1. The molecule has 3 aromatic carbocycles. The van der Waals surface area contributed by atoms with Gasteiger partial charge in [0.15, 0.2) is 0 Å². The second-order valence-corrected chi connectivity index (χ2v) is 10.8. The number of rotatable bonds is 14. The molecule has 0 aliphatic carbocycles. The van der Waals surface area contributed by atoms with Crippen molar-refractivity contribution in [2.45, 2.75) is 64.9 Å². The molecule has 3 N–H and O–H groups in total. The van der Waals surface area contributed by atoms with E-state index in [0.29, 0.717) is 23.5 Å². The van der Waals surface area contributed by atoms with Crippen LogP contribution in [-0.4, -0.2) is 49.1 Å². The summed E-state index contributed by atoms with van der Waals surface area (Å²) >= 11 is 0. The van der Waals surface area contributed by atoms with Gasteiger partial charge in [0.05, 0.1) is 5.69 Å². The first-order valence-electron chi connectivity index (χ1n) is 15.4.